The molecular formula is C22H22FNO5. The van der Waals surface area contributed by atoms with Gasteiger partial charge < -0.3 is 19.9 Å². The summed E-state index contributed by atoms with van der Waals surface area (Å²) in [6.07, 6.45) is 0.771. The van der Waals surface area contributed by atoms with Gasteiger partial charge in [-0.3, -0.25) is 0 Å². The number of halogens is 1. The molecule has 2 aromatic rings. The highest BCUT2D eigenvalue weighted by molar-refractivity contribution is 5.82. The molecule has 3 fully saturated rings. The predicted octanol–water partition coefficient (Wildman–Crippen LogP) is 3.64. The Labute approximate surface area is 167 Å². The number of amides is 1. The zero-order valence-corrected chi connectivity index (χ0v) is 16.0. The molecule has 0 aliphatic heterocycles. The first-order valence-corrected chi connectivity index (χ1v) is 9.42. The van der Waals surface area contributed by atoms with Crippen LogP contribution < -0.4 is 10.1 Å². The lowest BCUT2D eigenvalue weighted by Crippen LogP contribution is -2.73. The second-order valence-corrected chi connectivity index (χ2v) is 8.00. The number of methoxy groups -OCH3 is 1. The molecule has 1 amide bonds. The Bertz CT molecular complexity index is 926. The third-order valence-electron chi connectivity index (χ3n) is 6.15. The van der Waals surface area contributed by atoms with E-state index >= 15 is 0 Å². The van der Waals surface area contributed by atoms with Crippen LogP contribution >= 0.6 is 0 Å². The maximum atomic E-state index is 14.4. The van der Waals surface area contributed by atoms with E-state index in [4.69, 9.17) is 9.47 Å². The molecule has 2 bridgehead atoms. The summed E-state index contributed by atoms with van der Waals surface area (Å²) in [6, 6.07) is 12.8. The molecule has 2 N–H and O–H groups in total. The molecule has 0 saturated heterocycles. The molecule has 3 saturated carbocycles. The molecule has 0 radical (unpaired) electrons. The average Bonchev–Trinajstić information content (AvgIpc) is 2.65. The van der Waals surface area contributed by atoms with Crippen LogP contribution in [0.15, 0.2) is 48.5 Å². The Kier molecular flexibility index (Phi) is 4.68. The lowest BCUT2D eigenvalue weighted by Gasteiger charge is -2.72. The quantitative estimate of drug-likeness (QED) is 0.743. The van der Waals surface area contributed by atoms with Gasteiger partial charge in [0.15, 0.2) is 0 Å². The molecule has 3 aliphatic rings. The molecule has 0 aromatic heterocycles. The number of hydrogen-bond donors (Lipinski definition) is 2. The molecule has 3 aliphatic carbocycles. The van der Waals surface area contributed by atoms with E-state index in [1.807, 2.05) is 30.3 Å². The summed E-state index contributed by atoms with van der Waals surface area (Å²) in [5, 5.41) is 12.1. The standard InChI is InChI=1S/C22H22FNO5/c1-28-15-7-8-16(17(23)9-15)21-11-22(12-21,13-21)18(19(25)26)24-20(27)29-10-14-5-3-2-4-6-14/h2-9,18H,10-13H2,1H3,(H,24,27)(H,25,26). The van der Waals surface area contributed by atoms with E-state index in [1.54, 1.807) is 12.1 Å². The van der Waals surface area contributed by atoms with Crippen LogP contribution in [0.25, 0.3) is 0 Å². The summed E-state index contributed by atoms with van der Waals surface area (Å²) >= 11 is 0. The van der Waals surface area contributed by atoms with Crippen molar-refractivity contribution in [3.05, 3.63) is 65.5 Å². The van der Waals surface area contributed by atoms with Crippen LogP contribution in [0.1, 0.15) is 30.4 Å². The van der Waals surface area contributed by atoms with E-state index in [2.05, 4.69) is 5.32 Å². The average molecular weight is 399 g/mol. The zero-order valence-electron chi connectivity index (χ0n) is 16.0. The number of carboxylic acid groups (broad SMARTS) is 1. The number of nitrogens with one attached hydrogen (secondary N) is 1. The fourth-order valence-corrected chi connectivity index (χ4v) is 4.87. The number of carboxylic acids is 1. The second-order valence-electron chi connectivity index (χ2n) is 8.00. The number of rotatable bonds is 7. The van der Waals surface area contributed by atoms with Crippen molar-refractivity contribution in [2.75, 3.05) is 7.11 Å². The van der Waals surface area contributed by atoms with Gasteiger partial charge in [-0.2, -0.15) is 0 Å². The summed E-state index contributed by atoms with van der Waals surface area (Å²) < 4.78 is 24.6. The number of hydrogen-bond acceptors (Lipinski definition) is 4. The van der Waals surface area contributed by atoms with Crippen molar-refractivity contribution < 1.29 is 28.6 Å². The normalized spacial score (nSPS) is 25.2. The summed E-state index contributed by atoms with van der Waals surface area (Å²) in [5.74, 6) is -1.01. The van der Waals surface area contributed by atoms with Gasteiger partial charge in [0.1, 0.15) is 24.2 Å². The van der Waals surface area contributed by atoms with Crippen molar-refractivity contribution in [1.82, 2.24) is 5.32 Å². The second kappa shape index (κ2) is 7.06. The number of aliphatic carboxylic acids is 1. The zero-order chi connectivity index (χ0) is 20.6. The summed E-state index contributed by atoms with van der Waals surface area (Å²) in [5.41, 5.74) is 0.467. The minimum absolute atomic E-state index is 0.0625. The van der Waals surface area contributed by atoms with Gasteiger partial charge in [0, 0.05) is 16.9 Å². The van der Waals surface area contributed by atoms with Gasteiger partial charge >= 0.3 is 12.1 Å². The van der Waals surface area contributed by atoms with E-state index in [9.17, 15) is 19.1 Å². The molecule has 29 heavy (non-hydrogen) atoms. The van der Waals surface area contributed by atoms with Crippen LogP contribution in [0.4, 0.5) is 9.18 Å². The largest absolute Gasteiger partial charge is 0.497 e. The summed E-state index contributed by atoms with van der Waals surface area (Å²) in [7, 11) is 1.48. The Morgan fingerprint density at radius 1 is 1.17 bits per heavy atom. The number of carbonyl (C=O) groups is 2. The Balaban J connectivity index is 1.39. The molecule has 0 spiro atoms. The maximum Gasteiger partial charge on any atom is 0.408 e. The first-order chi connectivity index (χ1) is 13.9. The van der Waals surface area contributed by atoms with E-state index in [0.29, 0.717) is 30.6 Å². The van der Waals surface area contributed by atoms with Gasteiger partial charge in [0.2, 0.25) is 0 Å². The van der Waals surface area contributed by atoms with Crippen LogP contribution in [0.2, 0.25) is 0 Å². The minimum Gasteiger partial charge on any atom is -0.497 e. The first kappa shape index (κ1) is 19.2. The Hall–Kier alpha value is -3.09. The van der Waals surface area contributed by atoms with Crippen molar-refractivity contribution in [2.45, 2.75) is 37.3 Å². The van der Waals surface area contributed by atoms with E-state index in [0.717, 1.165) is 5.56 Å². The van der Waals surface area contributed by atoms with Crippen LogP contribution in [0.5, 0.6) is 5.75 Å². The van der Waals surface area contributed by atoms with Crippen LogP contribution in [-0.4, -0.2) is 30.3 Å². The third kappa shape index (κ3) is 3.30. The molecule has 7 heteroatoms. The number of carbonyl (C=O) groups excluding carboxylic acids is 1. The number of alkyl carbamates (subject to hydrolysis) is 1. The lowest BCUT2D eigenvalue weighted by molar-refractivity contribution is -0.183. The Morgan fingerprint density at radius 2 is 1.86 bits per heavy atom. The first-order valence-electron chi connectivity index (χ1n) is 9.42. The Morgan fingerprint density at radius 3 is 2.45 bits per heavy atom. The van der Waals surface area contributed by atoms with Gasteiger partial charge in [0.25, 0.3) is 0 Å². The summed E-state index contributed by atoms with van der Waals surface area (Å²) in [6.45, 7) is 0.0625. The fraction of sp³-hybridized carbons (Fsp3) is 0.364. The molecular weight excluding hydrogens is 377 g/mol. The molecule has 2 aromatic carbocycles. The van der Waals surface area contributed by atoms with Gasteiger partial charge in [-0.05, 0) is 36.5 Å². The lowest BCUT2D eigenvalue weighted by atomic mass is 9.31. The van der Waals surface area contributed by atoms with E-state index in [-0.39, 0.29) is 17.8 Å². The number of benzene rings is 2. The highest BCUT2D eigenvalue weighted by atomic mass is 19.1. The van der Waals surface area contributed by atoms with Crippen molar-refractivity contribution in [1.29, 1.82) is 0 Å². The van der Waals surface area contributed by atoms with Crippen molar-refractivity contribution in [3.8, 4) is 5.75 Å². The highest BCUT2D eigenvalue weighted by Gasteiger charge is 2.73. The smallest absolute Gasteiger partial charge is 0.408 e. The van der Waals surface area contributed by atoms with Crippen molar-refractivity contribution in [2.24, 2.45) is 5.41 Å². The van der Waals surface area contributed by atoms with Gasteiger partial charge in [-0.1, -0.05) is 36.4 Å². The van der Waals surface area contributed by atoms with Gasteiger partial charge in [-0.25, -0.2) is 14.0 Å². The van der Waals surface area contributed by atoms with Gasteiger partial charge in [0.05, 0.1) is 7.11 Å². The van der Waals surface area contributed by atoms with Crippen LogP contribution in [-0.2, 0) is 21.6 Å². The molecule has 6 nitrogen and oxygen atoms in total. The SMILES string of the molecule is COc1ccc(C23CC(C(NC(=O)OCc4ccccc4)C(=O)O)(C2)C3)c(F)c1. The van der Waals surface area contributed by atoms with E-state index in [1.165, 1.54) is 13.2 Å². The monoisotopic (exact) mass is 399 g/mol. The summed E-state index contributed by atoms with van der Waals surface area (Å²) in [4.78, 5) is 23.9. The molecule has 1 unspecified atom stereocenters. The van der Waals surface area contributed by atoms with E-state index < -0.39 is 23.5 Å². The topological polar surface area (TPSA) is 84.9 Å². The van der Waals surface area contributed by atoms with Crippen molar-refractivity contribution >= 4 is 12.1 Å². The molecule has 152 valence electrons. The van der Waals surface area contributed by atoms with Gasteiger partial charge in [-0.15, -0.1) is 0 Å². The predicted molar refractivity (Wildman–Crippen MR) is 102 cm³/mol. The molecule has 1 atom stereocenters. The molecule has 5 rings (SSSR count). The van der Waals surface area contributed by atoms with Crippen LogP contribution in [0.3, 0.4) is 0 Å². The highest BCUT2D eigenvalue weighted by Crippen LogP contribution is 2.75. The molecule has 0 heterocycles. The third-order valence-corrected chi connectivity index (χ3v) is 6.15. The maximum absolute atomic E-state index is 14.4. The number of ether oxygens (including phenoxy) is 2. The minimum atomic E-state index is -1.11. The fourth-order valence-electron chi connectivity index (χ4n) is 4.87. The van der Waals surface area contributed by atoms with Crippen LogP contribution in [0, 0.1) is 11.2 Å². The van der Waals surface area contributed by atoms with Crippen molar-refractivity contribution in [3.63, 3.8) is 0 Å².